The van der Waals surface area contributed by atoms with Crippen LogP contribution in [0.4, 0.5) is 0 Å². The molecule has 2 heterocycles. The van der Waals surface area contributed by atoms with Gasteiger partial charge in [-0.25, -0.2) is 15.0 Å². The highest BCUT2D eigenvalue weighted by Crippen LogP contribution is 2.16. The lowest BCUT2D eigenvalue weighted by atomic mass is 10.1. The summed E-state index contributed by atoms with van der Waals surface area (Å²) >= 11 is 6.03. The van der Waals surface area contributed by atoms with Crippen molar-refractivity contribution in [3.8, 4) is 0 Å². The zero-order valence-electron chi connectivity index (χ0n) is 13.0. The van der Waals surface area contributed by atoms with Crippen LogP contribution in [0.1, 0.15) is 43.0 Å². The molecule has 0 aliphatic rings. The third-order valence-electron chi connectivity index (χ3n) is 3.19. The van der Waals surface area contributed by atoms with E-state index in [4.69, 9.17) is 11.6 Å². The Kier molecular flexibility index (Phi) is 5.49. The lowest BCUT2D eigenvalue weighted by Gasteiger charge is -2.14. The first kappa shape index (κ1) is 16.4. The molecule has 0 aliphatic heterocycles. The molecule has 1 amide bonds. The monoisotopic (exact) mass is 321 g/mol. The van der Waals surface area contributed by atoms with Gasteiger partial charge in [-0.1, -0.05) is 32.4 Å². The van der Waals surface area contributed by atoms with Gasteiger partial charge < -0.3 is 9.88 Å². The fourth-order valence-corrected chi connectivity index (χ4v) is 2.16. The van der Waals surface area contributed by atoms with E-state index in [0.29, 0.717) is 12.4 Å². The molecule has 6 nitrogen and oxygen atoms in total. The number of amides is 1. The Balaban J connectivity index is 1.95. The summed E-state index contributed by atoms with van der Waals surface area (Å²) in [5.41, 5.74) is 0.232. The van der Waals surface area contributed by atoms with Gasteiger partial charge in [-0.05, 0) is 5.92 Å². The molecule has 0 fully saturated rings. The molecular weight excluding hydrogens is 302 g/mol. The molecule has 2 aromatic heterocycles. The second-order valence-corrected chi connectivity index (χ2v) is 6.06. The van der Waals surface area contributed by atoms with Crippen molar-refractivity contribution in [1.29, 1.82) is 0 Å². The number of nitrogens with zero attached hydrogens (tertiary/aromatic N) is 4. The number of carbonyl (C=O) groups is 1. The largest absolute Gasteiger partial charge is 0.350 e. The summed E-state index contributed by atoms with van der Waals surface area (Å²) in [6.45, 7) is 7.32. The molecule has 0 aliphatic carbocycles. The number of aromatic nitrogens is 4. The van der Waals surface area contributed by atoms with Gasteiger partial charge in [-0.3, -0.25) is 4.79 Å². The summed E-state index contributed by atoms with van der Waals surface area (Å²) in [7, 11) is 0. The van der Waals surface area contributed by atoms with Gasteiger partial charge in [0, 0.05) is 31.4 Å². The SMILES string of the molecule is CC(C)c1ncc(Cl)c(C(=O)NC[C@@H](C)Cn2ccnc2)n1. The first-order valence-electron chi connectivity index (χ1n) is 7.23. The summed E-state index contributed by atoms with van der Waals surface area (Å²) in [4.78, 5) is 24.6. The van der Waals surface area contributed by atoms with Gasteiger partial charge in [-0.2, -0.15) is 0 Å². The zero-order valence-corrected chi connectivity index (χ0v) is 13.7. The van der Waals surface area contributed by atoms with Crippen molar-refractivity contribution >= 4 is 17.5 Å². The molecular formula is C15H20ClN5O. The maximum atomic E-state index is 12.2. The van der Waals surface area contributed by atoms with E-state index < -0.39 is 0 Å². The highest BCUT2D eigenvalue weighted by molar-refractivity contribution is 6.33. The Morgan fingerprint density at radius 1 is 1.41 bits per heavy atom. The van der Waals surface area contributed by atoms with Crippen LogP contribution in [-0.2, 0) is 6.54 Å². The Morgan fingerprint density at radius 3 is 2.82 bits per heavy atom. The standard InChI is InChI=1S/C15H20ClN5O/c1-10(2)14-18-7-12(16)13(20-14)15(22)19-6-11(3)8-21-5-4-17-9-21/h4-5,7,9-11H,6,8H2,1-3H3,(H,19,22)/t11-/m1/s1. The molecule has 0 saturated heterocycles. The molecule has 0 spiro atoms. The van der Waals surface area contributed by atoms with E-state index >= 15 is 0 Å². The Hall–Kier alpha value is -1.95. The second kappa shape index (κ2) is 7.35. The summed E-state index contributed by atoms with van der Waals surface area (Å²) in [6, 6.07) is 0. The average molecular weight is 322 g/mol. The number of hydrogen-bond donors (Lipinski definition) is 1. The van der Waals surface area contributed by atoms with E-state index in [9.17, 15) is 4.79 Å². The molecule has 2 rings (SSSR count). The average Bonchev–Trinajstić information content (AvgIpc) is 2.97. The van der Waals surface area contributed by atoms with Crippen molar-refractivity contribution in [2.45, 2.75) is 33.2 Å². The van der Waals surface area contributed by atoms with Gasteiger partial charge in [0.2, 0.25) is 0 Å². The van der Waals surface area contributed by atoms with Crippen LogP contribution in [0.3, 0.4) is 0 Å². The lowest BCUT2D eigenvalue weighted by molar-refractivity contribution is 0.0941. The maximum Gasteiger partial charge on any atom is 0.271 e. The molecule has 118 valence electrons. The third kappa shape index (κ3) is 4.27. The number of halogens is 1. The van der Waals surface area contributed by atoms with Crippen LogP contribution < -0.4 is 5.32 Å². The number of imidazole rings is 1. The van der Waals surface area contributed by atoms with Crippen LogP contribution in [0.5, 0.6) is 0 Å². The summed E-state index contributed by atoms with van der Waals surface area (Å²) in [5, 5.41) is 3.14. The fraction of sp³-hybridized carbons (Fsp3) is 0.467. The fourth-order valence-electron chi connectivity index (χ4n) is 1.99. The molecule has 22 heavy (non-hydrogen) atoms. The minimum Gasteiger partial charge on any atom is -0.350 e. The Morgan fingerprint density at radius 2 is 2.18 bits per heavy atom. The molecule has 7 heteroatoms. The first-order valence-corrected chi connectivity index (χ1v) is 7.61. The van der Waals surface area contributed by atoms with Crippen LogP contribution in [0.25, 0.3) is 0 Å². The Labute approximate surface area is 135 Å². The smallest absolute Gasteiger partial charge is 0.271 e. The topological polar surface area (TPSA) is 72.7 Å². The highest BCUT2D eigenvalue weighted by Gasteiger charge is 2.16. The van der Waals surface area contributed by atoms with Crippen molar-refractivity contribution in [1.82, 2.24) is 24.8 Å². The molecule has 0 radical (unpaired) electrons. The number of nitrogens with one attached hydrogen (secondary N) is 1. The molecule has 0 saturated carbocycles. The summed E-state index contributed by atoms with van der Waals surface area (Å²) < 4.78 is 1.98. The quantitative estimate of drug-likeness (QED) is 0.887. The van der Waals surface area contributed by atoms with Gasteiger partial charge in [0.25, 0.3) is 5.91 Å². The van der Waals surface area contributed by atoms with Crippen LogP contribution in [0.2, 0.25) is 5.02 Å². The van der Waals surface area contributed by atoms with E-state index in [1.165, 1.54) is 6.20 Å². The van der Waals surface area contributed by atoms with Crippen molar-refractivity contribution in [2.75, 3.05) is 6.54 Å². The van der Waals surface area contributed by atoms with Crippen molar-refractivity contribution in [3.05, 3.63) is 41.5 Å². The molecule has 0 aromatic carbocycles. The minimum atomic E-state index is -0.271. The highest BCUT2D eigenvalue weighted by atomic mass is 35.5. The van der Waals surface area contributed by atoms with Gasteiger partial charge in [0.15, 0.2) is 0 Å². The van der Waals surface area contributed by atoms with Crippen molar-refractivity contribution in [3.63, 3.8) is 0 Å². The van der Waals surface area contributed by atoms with Crippen LogP contribution in [0, 0.1) is 5.92 Å². The summed E-state index contributed by atoms with van der Waals surface area (Å²) in [6.07, 6.45) is 6.87. The van der Waals surface area contributed by atoms with Gasteiger partial charge in [-0.15, -0.1) is 0 Å². The van der Waals surface area contributed by atoms with E-state index in [0.717, 1.165) is 6.54 Å². The van der Waals surface area contributed by atoms with E-state index in [1.54, 1.807) is 12.5 Å². The van der Waals surface area contributed by atoms with Gasteiger partial charge >= 0.3 is 0 Å². The Bertz CT molecular complexity index is 627. The van der Waals surface area contributed by atoms with Crippen LogP contribution in [-0.4, -0.2) is 32.0 Å². The zero-order chi connectivity index (χ0) is 16.1. The predicted octanol–water partition coefficient (Wildman–Crippen LogP) is 2.52. The normalized spacial score (nSPS) is 12.4. The number of rotatable bonds is 6. The van der Waals surface area contributed by atoms with E-state index in [-0.39, 0.29) is 28.5 Å². The summed E-state index contributed by atoms with van der Waals surface area (Å²) in [5.74, 6) is 0.750. The van der Waals surface area contributed by atoms with Crippen molar-refractivity contribution < 1.29 is 4.79 Å². The first-order chi connectivity index (χ1) is 10.5. The second-order valence-electron chi connectivity index (χ2n) is 5.65. The molecule has 1 atom stereocenters. The predicted molar refractivity (Wildman–Crippen MR) is 84.9 cm³/mol. The lowest BCUT2D eigenvalue weighted by Crippen LogP contribution is -2.31. The van der Waals surface area contributed by atoms with Crippen LogP contribution in [0.15, 0.2) is 24.9 Å². The van der Waals surface area contributed by atoms with Crippen molar-refractivity contribution in [2.24, 2.45) is 5.92 Å². The number of hydrogen-bond acceptors (Lipinski definition) is 4. The van der Waals surface area contributed by atoms with Gasteiger partial charge in [0.05, 0.1) is 17.5 Å². The third-order valence-corrected chi connectivity index (χ3v) is 3.46. The van der Waals surface area contributed by atoms with E-state index in [2.05, 4.69) is 27.2 Å². The molecule has 0 bridgehead atoms. The number of carbonyl (C=O) groups excluding carboxylic acids is 1. The van der Waals surface area contributed by atoms with Gasteiger partial charge in [0.1, 0.15) is 11.5 Å². The molecule has 2 aromatic rings. The molecule has 0 unspecified atom stereocenters. The minimum absolute atomic E-state index is 0.143. The maximum absolute atomic E-state index is 12.2. The van der Waals surface area contributed by atoms with Crippen LogP contribution >= 0.6 is 11.6 Å². The molecule has 1 N–H and O–H groups in total. The van der Waals surface area contributed by atoms with E-state index in [1.807, 2.05) is 24.6 Å².